The number of hydrazine groups is 2. The second kappa shape index (κ2) is 50.5. The Kier molecular flexibility index (Phi) is 39.8. The average molecular weight is 1770 g/mol. The summed E-state index contributed by atoms with van der Waals surface area (Å²) in [7, 11) is 0. The molecule has 0 saturated carbocycles. The smallest absolute Gasteiger partial charge is 0.336 e. The van der Waals surface area contributed by atoms with Crippen molar-refractivity contribution in [2.24, 2.45) is 17.6 Å². The van der Waals surface area contributed by atoms with Crippen LogP contribution in [0.5, 0.6) is 0 Å². The van der Waals surface area contributed by atoms with Crippen molar-refractivity contribution in [1.82, 2.24) is 68.5 Å². The van der Waals surface area contributed by atoms with Gasteiger partial charge in [0.1, 0.15) is 53.8 Å². The Morgan fingerprint density at radius 1 is 0.323 bits per heavy atom. The van der Waals surface area contributed by atoms with Crippen molar-refractivity contribution in [3.05, 3.63) is 179 Å². The minimum atomic E-state index is -2.09. The van der Waals surface area contributed by atoms with Crippen LogP contribution in [0, 0.1) is 5.92 Å². The highest BCUT2D eigenvalue weighted by molar-refractivity contribution is 6.08. The van der Waals surface area contributed by atoms with E-state index in [9.17, 15) is 127 Å². The van der Waals surface area contributed by atoms with E-state index in [1.165, 1.54) is 48.5 Å². The molecule has 2 heterocycles. The summed E-state index contributed by atoms with van der Waals surface area (Å²) >= 11 is 0. The number of carboxylic acid groups (broad SMARTS) is 9. The molecule has 0 spiro atoms. The maximum absolute atomic E-state index is 13.6. The molecule has 7 rings (SSSR count). The third-order valence-electron chi connectivity index (χ3n) is 19.1. The Morgan fingerprint density at radius 2 is 0.693 bits per heavy atom. The molecule has 0 saturated heterocycles. The van der Waals surface area contributed by atoms with Crippen molar-refractivity contribution in [3.8, 4) is 0 Å². The summed E-state index contributed by atoms with van der Waals surface area (Å²) in [4.78, 5) is 242. The van der Waals surface area contributed by atoms with E-state index in [2.05, 4.69) is 74.0 Å². The third kappa shape index (κ3) is 34.2. The van der Waals surface area contributed by atoms with Gasteiger partial charge < -0.3 is 115 Å². The summed E-state index contributed by atoms with van der Waals surface area (Å²) in [5, 5.41) is 114. The van der Waals surface area contributed by atoms with Crippen LogP contribution < -0.4 is 81.0 Å². The maximum atomic E-state index is 13.6. The highest BCUT2D eigenvalue weighted by Crippen LogP contribution is 2.21. The van der Waals surface area contributed by atoms with Gasteiger partial charge in [-0.2, -0.15) is 0 Å². The molecule has 45 heteroatoms. The van der Waals surface area contributed by atoms with E-state index in [4.69, 9.17) is 21.9 Å². The zero-order valence-electron chi connectivity index (χ0n) is 67.6. The highest BCUT2D eigenvalue weighted by Gasteiger charge is 2.37. The van der Waals surface area contributed by atoms with E-state index >= 15 is 0 Å². The first kappa shape index (κ1) is 100.0. The topological polar surface area (TPSA) is 741 Å². The minimum Gasteiger partial charge on any atom is -0.481 e. The van der Waals surface area contributed by atoms with Crippen LogP contribution >= 0.6 is 0 Å². The fourth-order valence-corrected chi connectivity index (χ4v) is 12.2. The first-order valence-corrected chi connectivity index (χ1v) is 39.1. The van der Waals surface area contributed by atoms with E-state index in [1.54, 1.807) is 24.3 Å². The number of anilines is 2. The number of rotatable bonds is 51. The lowest BCUT2D eigenvalue weighted by atomic mass is 9.94. The van der Waals surface area contributed by atoms with Crippen LogP contribution in [-0.4, -0.2) is 230 Å². The van der Waals surface area contributed by atoms with Crippen LogP contribution in [0.3, 0.4) is 0 Å². The molecule has 676 valence electrons. The standard InChI is InChI=1S/C42H47N9O13.C40H48N8O15/c43-51-32-16-14-28(22-45-32)36(55)50-34(41(62)63)38(57)46-21-23-8-12-26(13-9-23)35(54)47-31(20-24-10-11-25-5-1-2-6-27(25)19-24)37(56)44-18-4-3-7-29(39(58)59)48-42(64)49-30(40(60)61)15-17-33(52)53;41-48-31-13-10-24(20-43-31)34(54)44-26(11-14-32(50)51)30(49)19-25(37(57)58)35(55)45-29(18-21-8-9-22-5-1-2-6-23(22)17-21)36(56)42-16-4-3-7-27(38(59)60)46-40(63)47-28(39(61)62)12-15-33(52)53/h1-2,5-6,8-14,16,19,22,29-31,34H,3-4,7,15,17-18,20-21,43H2,(H,44,56)(H,45,51)(H,46,57)(H,47,54)(H,50,55)(H,52,53)(H,58,59)(H,60,61)(H,62,63)(H2,48,49,64);1-2,5-6,8-10,13,17,20,25-29H,3-4,7,11-12,14-16,18-19,41H2,(H,42,56)(H,43,48)(H,44,54)(H,45,55)(H,50,51)(H,52,53)(H,57,58)(H,59,60)(H,61,62)(H2,46,47,63). The van der Waals surface area contributed by atoms with Gasteiger partial charge in [0.2, 0.25) is 23.8 Å². The number of nitrogens with zero attached hydrogens (tertiary/aromatic N) is 2. The molecule has 0 bridgehead atoms. The molecule has 11 amide bonds. The summed E-state index contributed by atoms with van der Waals surface area (Å²) in [5.41, 5.74) is 6.42. The van der Waals surface area contributed by atoms with Crippen molar-refractivity contribution in [3.63, 3.8) is 0 Å². The first-order chi connectivity index (χ1) is 60.4. The number of carbonyl (C=O) groups is 19. The monoisotopic (exact) mass is 1770 g/mol. The number of Topliss-reactive ketones (excluding diaryl/α,β-unsaturated/α-hetero) is 1. The Labute approximate surface area is 720 Å². The Hall–Kier alpha value is -15.8. The molecule has 0 aliphatic rings. The van der Waals surface area contributed by atoms with Crippen molar-refractivity contribution >= 4 is 146 Å². The van der Waals surface area contributed by atoms with Crippen LogP contribution in [0.15, 0.2) is 146 Å². The number of hydrogen-bond acceptors (Lipinski definition) is 25. The molecule has 127 heavy (non-hydrogen) atoms. The van der Waals surface area contributed by atoms with Crippen molar-refractivity contribution < 1.29 is 137 Å². The van der Waals surface area contributed by atoms with Crippen LogP contribution in [-0.2, 0) is 86.5 Å². The predicted molar refractivity (Wildman–Crippen MR) is 445 cm³/mol. The molecular weight excluding hydrogens is 1670 g/mol. The average Bonchev–Trinajstić information content (AvgIpc) is 0.864. The lowest BCUT2D eigenvalue weighted by molar-refractivity contribution is -0.150. The number of aliphatic carboxylic acids is 9. The van der Waals surface area contributed by atoms with Crippen LogP contribution in [0.25, 0.3) is 21.5 Å². The molecule has 26 N–H and O–H groups in total. The molecule has 9 atom stereocenters. The molecule has 0 aliphatic carbocycles. The quantitative estimate of drug-likeness (QED) is 0.0109. The SMILES string of the molecule is NNc1ccc(C(=O)NC(C(=O)O)C(=O)NCc2ccc(C(=O)NC(Cc3ccc4ccccc4c3)C(=O)NCCCCC(NC(=O)NC(CCC(=O)O)C(=O)O)C(=O)O)cc2)cn1.NNc1ccc(C(=O)NC(CCC(=O)O)C(=O)CC(C(=O)O)C(=O)NC(Cc2ccc3ccccc3c2)C(=O)NCCCCC(NC(=O)NC(CCC(=O)O)C(=O)O)C(=O)O)cn1. The summed E-state index contributed by atoms with van der Waals surface area (Å²) in [6.45, 7) is -0.200. The van der Waals surface area contributed by atoms with E-state index < -0.39 is 212 Å². The van der Waals surface area contributed by atoms with Crippen LogP contribution in [0.2, 0.25) is 0 Å². The van der Waals surface area contributed by atoms with Gasteiger partial charge >= 0.3 is 65.8 Å². The Bertz CT molecular complexity index is 5140. The molecule has 0 radical (unpaired) electrons. The van der Waals surface area contributed by atoms with Gasteiger partial charge in [-0.25, -0.2) is 55.2 Å². The number of nitrogens with two attached hydrogens (primary N) is 2. The summed E-state index contributed by atoms with van der Waals surface area (Å²) < 4.78 is 0. The fourth-order valence-electron chi connectivity index (χ4n) is 12.2. The van der Waals surface area contributed by atoms with E-state index in [1.807, 2.05) is 66.0 Å². The molecule has 7 aromatic rings. The summed E-state index contributed by atoms with van der Waals surface area (Å²) in [6.07, 6.45) is -1.44. The molecule has 45 nitrogen and oxygen atoms in total. The van der Waals surface area contributed by atoms with Crippen molar-refractivity contribution in [2.45, 2.75) is 151 Å². The number of fused-ring (bicyclic) bond motifs is 2. The second-order valence-corrected chi connectivity index (χ2v) is 28.4. The van der Waals surface area contributed by atoms with Gasteiger partial charge in [0.05, 0.1) is 17.2 Å². The van der Waals surface area contributed by atoms with Gasteiger partial charge in [0.25, 0.3) is 23.6 Å². The third-order valence-corrected chi connectivity index (χ3v) is 19.1. The number of carbonyl (C=O) groups excluding carboxylic acids is 10. The molecular formula is C82H95N17O28. The van der Waals surface area contributed by atoms with Gasteiger partial charge in [-0.05, 0) is 132 Å². The first-order valence-electron chi connectivity index (χ1n) is 39.1. The van der Waals surface area contributed by atoms with Gasteiger partial charge in [0.15, 0.2) is 5.78 Å². The molecule has 9 unspecified atom stereocenters. The number of unbranched alkanes of at least 4 members (excludes halogenated alkanes) is 2. The molecule has 0 fully saturated rings. The molecule has 2 aromatic heterocycles. The number of urea groups is 2. The van der Waals surface area contributed by atoms with E-state index in [0.717, 1.165) is 39.5 Å². The lowest BCUT2D eigenvalue weighted by Gasteiger charge is -2.23. The number of nitrogen functional groups attached to an aromatic ring is 2. The van der Waals surface area contributed by atoms with Gasteiger partial charge in [-0.1, -0.05) is 97.1 Å². The summed E-state index contributed by atoms with van der Waals surface area (Å²) in [6, 6.07) is 22.6. The second-order valence-electron chi connectivity index (χ2n) is 28.4. The Morgan fingerprint density at radius 3 is 1.08 bits per heavy atom. The highest BCUT2D eigenvalue weighted by atomic mass is 16.4. The number of pyridine rings is 2. The molecule has 5 aromatic carbocycles. The number of amides is 11. The van der Waals surface area contributed by atoms with Crippen molar-refractivity contribution in [1.29, 1.82) is 0 Å². The lowest BCUT2D eigenvalue weighted by Crippen LogP contribution is -2.52. The van der Waals surface area contributed by atoms with E-state index in [0.29, 0.717) is 11.1 Å². The van der Waals surface area contributed by atoms with Crippen LogP contribution in [0.1, 0.15) is 131 Å². The Balaban J connectivity index is 0.000000392. The normalized spacial score (nSPS) is 12.9. The number of hydrogen-bond donors (Lipinski definition) is 24. The number of nitrogens with one attached hydrogen (secondary N) is 13. The largest absolute Gasteiger partial charge is 0.481 e. The number of aromatic nitrogens is 2. The van der Waals surface area contributed by atoms with Gasteiger partial charge in [0, 0.05) is 76.1 Å². The van der Waals surface area contributed by atoms with Gasteiger partial charge in [-0.3, -0.25) is 57.5 Å². The summed E-state index contributed by atoms with van der Waals surface area (Å²) in [5.74, 6) is -11.1. The predicted octanol–water partition coefficient (Wildman–Crippen LogP) is 0.946. The zero-order chi connectivity index (χ0) is 93.4. The maximum Gasteiger partial charge on any atom is 0.336 e. The van der Waals surface area contributed by atoms with E-state index in [-0.39, 0.29) is 99.3 Å². The zero-order valence-corrected chi connectivity index (χ0v) is 67.6. The minimum absolute atomic E-state index is 0.0155. The molecule has 0 aliphatic heterocycles. The number of carboxylic acids is 9. The van der Waals surface area contributed by atoms with Crippen LogP contribution in [0.4, 0.5) is 21.2 Å². The number of ketones is 1. The fraction of sp³-hybridized carbons (Fsp3) is 0.329. The van der Waals surface area contributed by atoms with Crippen molar-refractivity contribution in [2.75, 3.05) is 23.9 Å². The van der Waals surface area contributed by atoms with Gasteiger partial charge in [-0.15, -0.1) is 0 Å². The number of benzene rings is 5.